The number of rotatable bonds is 4. The average Bonchev–Trinajstić information content (AvgIpc) is 2.83. The normalized spacial score (nSPS) is 10.8. The van der Waals surface area contributed by atoms with Crippen LogP contribution in [-0.2, 0) is 6.42 Å². The molecule has 0 aliphatic rings. The van der Waals surface area contributed by atoms with Gasteiger partial charge in [0, 0.05) is 18.1 Å². The molecule has 0 aliphatic carbocycles. The largest absolute Gasteiger partial charge is 0.497 e. The van der Waals surface area contributed by atoms with Crippen molar-refractivity contribution in [2.75, 3.05) is 7.11 Å². The molecule has 0 saturated carbocycles. The van der Waals surface area contributed by atoms with Gasteiger partial charge in [0.2, 0.25) is 0 Å². The summed E-state index contributed by atoms with van der Waals surface area (Å²) in [6, 6.07) is 15.6. The highest BCUT2D eigenvalue weighted by Gasteiger charge is 2.15. The summed E-state index contributed by atoms with van der Waals surface area (Å²) >= 11 is 0. The molecule has 3 rings (SSSR count). The topological polar surface area (TPSA) is 30.7 Å². The van der Waals surface area contributed by atoms with Crippen LogP contribution in [0.5, 0.6) is 5.75 Å². The van der Waals surface area contributed by atoms with Crippen molar-refractivity contribution in [1.29, 1.82) is 0 Å². The van der Waals surface area contributed by atoms with E-state index in [9.17, 15) is 4.79 Å². The monoisotopic (exact) mass is 279 g/mol. The maximum Gasteiger partial charge on any atom is 0.184 e. The van der Waals surface area contributed by atoms with Crippen molar-refractivity contribution in [3.05, 3.63) is 71.5 Å². The number of aromatic nitrogens is 1. The first-order valence-corrected chi connectivity index (χ1v) is 6.92. The molecule has 1 aromatic carbocycles. The van der Waals surface area contributed by atoms with Gasteiger partial charge in [-0.3, -0.25) is 4.79 Å². The fourth-order valence-electron chi connectivity index (χ4n) is 2.62. The number of ketones is 1. The first-order valence-electron chi connectivity index (χ1n) is 6.92. The van der Waals surface area contributed by atoms with Crippen LogP contribution in [0, 0.1) is 6.92 Å². The summed E-state index contributed by atoms with van der Waals surface area (Å²) in [6.45, 7) is 1.98. The molecular formula is C18H17NO2. The number of carbonyl (C=O) groups excluding carboxylic acids is 1. The number of hydrogen-bond acceptors (Lipinski definition) is 2. The lowest BCUT2D eigenvalue weighted by Gasteiger charge is -2.05. The second-order valence-electron chi connectivity index (χ2n) is 5.12. The summed E-state index contributed by atoms with van der Waals surface area (Å²) in [5.41, 5.74) is 3.82. The fourth-order valence-corrected chi connectivity index (χ4v) is 2.62. The molecule has 0 radical (unpaired) electrons. The standard InChI is InChI=1S/C18H17NO2/c1-13-11-15-5-3-4-10-19(15)18(13)17(20)12-14-6-8-16(21-2)9-7-14/h3-11H,12H2,1-2H3. The molecule has 0 bridgehead atoms. The van der Waals surface area contributed by atoms with Gasteiger partial charge in [-0.2, -0.15) is 0 Å². The number of pyridine rings is 1. The number of aryl methyl sites for hydroxylation is 1. The summed E-state index contributed by atoms with van der Waals surface area (Å²) in [5, 5.41) is 0. The first-order chi connectivity index (χ1) is 10.2. The highest BCUT2D eigenvalue weighted by atomic mass is 16.5. The average molecular weight is 279 g/mol. The molecule has 0 fully saturated rings. The highest BCUT2D eigenvalue weighted by Crippen LogP contribution is 2.19. The molecule has 0 unspecified atom stereocenters. The Hall–Kier alpha value is -2.55. The predicted octanol–water partition coefficient (Wildman–Crippen LogP) is 3.68. The zero-order valence-corrected chi connectivity index (χ0v) is 12.2. The second kappa shape index (κ2) is 5.44. The molecule has 3 nitrogen and oxygen atoms in total. The van der Waals surface area contributed by atoms with Crippen LogP contribution in [-0.4, -0.2) is 17.3 Å². The molecule has 21 heavy (non-hydrogen) atoms. The lowest BCUT2D eigenvalue weighted by molar-refractivity contribution is 0.0987. The van der Waals surface area contributed by atoms with Crippen molar-refractivity contribution in [3.63, 3.8) is 0 Å². The molecule has 3 aromatic rings. The van der Waals surface area contributed by atoms with E-state index in [-0.39, 0.29) is 5.78 Å². The van der Waals surface area contributed by atoms with Gasteiger partial charge in [-0.25, -0.2) is 0 Å². The van der Waals surface area contributed by atoms with Gasteiger partial charge in [0.05, 0.1) is 12.8 Å². The molecule has 106 valence electrons. The Morgan fingerprint density at radius 1 is 1.14 bits per heavy atom. The SMILES string of the molecule is COc1ccc(CC(=O)c2c(C)cc3ccccn23)cc1. The van der Waals surface area contributed by atoms with E-state index in [0.29, 0.717) is 6.42 Å². The van der Waals surface area contributed by atoms with Crippen LogP contribution in [0.25, 0.3) is 5.52 Å². The summed E-state index contributed by atoms with van der Waals surface area (Å²) in [5.74, 6) is 0.930. The Bertz CT molecular complexity index is 785. The Kier molecular flexibility index (Phi) is 3.48. The van der Waals surface area contributed by atoms with E-state index in [1.54, 1.807) is 7.11 Å². The quantitative estimate of drug-likeness (QED) is 0.682. The van der Waals surface area contributed by atoms with E-state index < -0.39 is 0 Å². The third kappa shape index (κ3) is 2.55. The van der Waals surface area contributed by atoms with Gasteiger partial charge in [-0.05, 0) is 48.4 Å². The van der Waals surface area contributed by atoms with Crippen molar-refractivity contribution in [1.82, 2.24) is 4.40 Å². The lowest BCUT2D eigenvalue weighted by atomic mass is 10.1. The van der Waals surface area contributed by atoms with Crippen molar-refractivity contribution in [3.8, 4) is 5.75 Å². The first kappa shape index (κ1) is 13.4. The highest BCUT2D eigenvalue weighted by molar-refractivity contribution is 5.98. The molecule has 2 aromatic heterocycles. The molecule has 0 amide bonds. The van der Waals surface area contributed by atoms with Crippen LogP contribution >= 0.6 is 0 Å². The summed E-state index contributed by atoms with van der Waals surface area (Å²) in [4.78, 5) is 12.6. The van der Waals surface area contributed by atoms with Gasteiger partial charge in [0.25, 0.3) is 0 Å². The predicted molar refractivity (Wildman–Crippen MR) is 83.2 cm³/mol. The van der Waals surface area contributed by atoms with Crippen LogP contribution in [0.3, 0.4) is 0 Å². The zero-order chi connectivity index (χ0) is 14.8. The zero-order valence-electron chi connectivity index (χ0n) is 12.2. The van der Waals surface area contributed by atoms with Gasteiger partial charge >= 0.3 is 0 Å². The number of benzene rings is 1. The number of methoxy groups -OCH3 is 1. The Morgan fingerprint density at radius 2 is 1.90 bits per heavy atom. The number of Topliss-reactive ketones (excluding diaryl/α,β-unsaturated/α-hetero) is 1. The lowest BCUT2D eigenvalue weighted by Crippen LogP contribution is -2.08. The third-order valence-electron chi connectivity index (χ3n) is 3.66. The van der Waals surface area contributed by atoms with E-state index in [1.165, 1.54) is 0 Å². The Balaban J connectivity index is 1.91. The van der Waals surface area contributed by atoms with E-state index in [0.717, 1.165) is 28.1 Å². The summed E-state index contributed by atoms with van der Waals surface area (Å²) < 4.78 is 7.09. The van der Waals surface area contributed by atoms with Crippen molar-refractivity contribution in [2.24, 2.45) is 0 Å². The van der Waals surface area contributed by atoms with E-state index >= 15 is 0 Å². The van der Waals surface area contributed by atoms with Crippen LogP contribution in [0.2, 0.25) is 0 Å². The molecule has 0 aliphatic heterocycles. The van der Waals surface area contributed by atoms with E-state index in [4.69, 9.17) is 4.74 Å². The van der Waals surface area contributed by atoms with Gasteiger partial charge < -0.3 is 9.14 Å². The summed E-state index contributed by atoms with van der Waals surface area (Å²) in [7, 11) is 1.64. The number of hydrogen-bond donors (Lipinski definition) is 0. The van der Waals surface area contributed by atoms with Crippen LogP contribution in [0.15, 0.2) is 54.7 Å². The Morgan fingerprint density at radius 3 is 2.62 bits per heavy atom. The molecule has 0 saturated heterocycles. The third-order valence-corrected chi connectivity index (χ3v) is 3.66. The molecule has 0 spiro atoms. The van der Waals surface area contributed by atoms with Crippen LogP contribution in [0.4, 0.5) is 0 Å². The molecule has 2 heterocycles. The minimum Gasteiger partial charge on any atom is -0.497 e. The molecular weight excluding hydrogens is 262 g/mol. The van der Waals surface area contributed by atoms with Crippen molar-refractivity contribution >= 4 is 11.3 Å². The van der Waals surface area contributed by atoms with E-state index in [1.807, 2.05) is 66.1 Å². The van der Waals surface area contributed by atoms with Crippen molar-refractivity contribution in [2.45, 2.75) is 13.3 Å². The summed E-state index contributed by atoms with van der Waals surface area (Å²) in [6.07, 6.45) is 2.33. The van der Waals surface area contributed by atoms with E-state index in [2.05, 4.69) is 0 Å². The number of carbonyl (C=O) groups is 1. The molecule has 0 atom stereocenters. The van der Waals surface area contributed by atoms with Gasteiger partial charge in [-0.15, -0.1) is 0 Å². The molecule has 3 heteroatoms. The van der Waals surface area contributed by atoms with Crippen LogP contribution < -0.4 is 4.74 Å². The second-order valence-corrected chi connectivity index (χ2v) is 5.12. The van der Waals surface area contributed by atoms with Gasteiger partial charge in [0.1, 0.15) is 5.75 Å². The van der Waals surface area contributed by atoms with Crippen molar-refractivity contribution < 1.29 is 9.53 Å². The minimum atomic E-state index is 0.129. The van der Waals surface area contributed by atoms with Gasteiger partial charge in [0.15, 0.2) is 5.78 Å². The number of nitrogens with zero attached hydrogens (tertiary/aromatic N) is 1. The molecule has 0 N–H and O–H groups in total. The maximum absolute atomic E-state index is 12.6. The number of ether oxygens (including phenoxy) is 1. The Labute approximate surface area is 123 Å². The fraction of sp³-hybridized carbons (Fsp3) is 0.167. The van der Waals surface area contributed by atoms with Crippen LogP contribution in [0.1, 0.15) is 21.6 Å². The van der Waals surface area contributed by atoms with Gasteiger partial charge in [-0.1, -0.05) is 18.2 Å². The number of fused-ring (bicyclic) bond motifs is 1. The maximum atomic E-state index is 12.6. The smallest absolute Gasteiger partial charge is 0.184 e. The minimum absolute atomic E-state index is 0.129.